The van der Waals surface area contributed by atoms with Gasteiger partial charge in [-0.2, -0.15) is 0 Å². The number of esters is 1. The molecule has 0 saturated heterocycles. The van der Waals surface area contributed by atoms with Gasteiger partial charge in [0.25, 0.3) is 11.8 Å². The molecule has 6 heteroatoms. The first kappa shape index (κ1) is 20.3. The zero-order chi connectivity index (χ0) is 20.3. The van der Waals surface area contributed by atoms with E-state index in [1.165, 1.54) is 4.90 Å². The molecule has 2 aliphatic rings. The lowest BCUT2D eigenvalue weighted by Gasteiger charge is -2.34. The number of fused-ring (bicyclic) bond motifs is 1. The van der Waals surface area contributed by atoms with Crippen LogP contribution in [-0.4, -0.2) is 47.5 Å². The molecule has 0 N–H and O–H groups in total. The Bertz CT molecular complexity index is 761. The maximum absolute atomic E-state index is 12.9. The first-order chi connectivity index (χ1) is 13.5. The van der Waals surface area contributed by atoms with Gasteiger partial charge in [-0.25, -0.2) is 4.79 Å². The Morgan fingerprint density at radius 3 is 2.25 bits per heavy atom. The number of hydrogen-bond acceptors (Lipinski definition) is 5. The number of rotatable bonds is 7. The van der Waals surface area contributed by atoms with Gasteiger partial charge in [0.05, 0.1) is 36.0 Å². The summed E-state index contributed by atoms with van der Waals surface area (Å²) in [5.74, 6) is -1.11. The predicted molar refractivity (Wildman–Crippen MR) is 104 cm³/mol. The van der Waals surface area contributed by atoms with Gasteiger partial charge in [0, 0.05) is 18.4 Å². The van der Waals surface area contributed by atoms with Crippen molar-refractivity contribution in [2.45, 2.75) is 58.3 Å². The van der Waals surface area contributed by atoms with E-state index >= 15 is 0 Å². The molecule has 1 aromatic carbocycles. The van der Waals surface area contributed by atoms with Crippen LogP contribution in [-0.2, 0) is 14.3 Å². The average molecular weight is 384 g/mol. The Morgan fingerprint density at radius 1 is 1.11 bits per heavy atom. The molecule has 3 rings (SSSR count). The van der Waals surface area contributed by atoms with Crippen molar-refractivity contribution < 1.29 is 23.9 Å². The molecule has 6 nitrogen and oxygen atoms in total. The van der Waals surface area contributed by atoms with Gasteiger partial charge in [-0.05, 0) is 38.0 Å². The zero-order valence-electron chi connectivity index (χ0n) is 16.5. The molecule has 1 aliphatic carbocycles. The molecule has 0 bridgehead atoms. The highest BCUT2D eigenvalue weighted by atomic mass is 16.5. The first-order valence-corrected chi connectivity index (χ1v) is 9.85. The second kappa shape index (κ2) is 8.69. The fourth-order valence-electron chi connectivity index (χ4n) is 3.68. The van der Waals surface area contributed by atoms with Gasteiger partial charge in [-0.1, -0.05) is 26.0 Å². The van der Waals surface area contributed by atoms with Crippen molar-refractivity contribution in [1.29, 1.82) is 0 Å². The van der Waals surface area contributed by atoms with Crippen LogP contribution in [0.2, 0.25) is 0 Å². The van der Waals surface area contributed by atoms with Crippen molar-refractivity contribution in [2.24, 2.45) is 0 Å². The maximum Gasteiger partial charge on any atom is 0.333 e. The van der Waals surface area contributed by atoms with Crippen LogP contribution in [0.25, 0.3) is 0 Å². The number of nitrogens with zero attached hydrogens (tertiary/aromatic N) is 1. The molecule has 0 fully saturated rings. The highest BCUT2D eigenvalue weighted by Crippen LogP contribution is 2.32. The Balaban J connectivity index is 1.87. The van der Waals surface area contributed by atoms with Crippen LogP contribution in [0, 0.1) is 6.42 Å². The summed E-state index contributed by atoms with van der Waals surface area (Å²) < 4.78 is 11.2. The Kier molecular flexibility index (Phi) is 6.29. The number of carbonyl (C=O) groups excluding carboxylic acids is 3. The number of hydrogen-bond donors (Lipinski definition) is 0. The van der Waals surface area contributed by atoms with Gasteiger partial charge in [-0.3, -0.25) is 14.5 Å². The van der Waals surface area contributed by atoms with E-state index in [1.807, 2.05) is 20.3 Å². The van der Waals surface area contributed by atoms with Gasteiger partial charge < -0.3 is 9.47 Å². The van der Waals surface area contributed by atoms with Gasteiger partial charge in [0.2, 0.25) is 0 Å². The maximum atomic E-state index is 12.9. The average Bonchev–Trinajstić information content (AvgIpc) is 2.97. The quantitative estimate of drug-likeness (QED) is 0.533. The minimum Gasteiger partial charge on any atom is -0.463 e. The summed E-state index contributed by atoms with van der Waals surface area (Å²) in [5, 5.41) is 0. The van der Waals surface area contributed by atoms with Crippen LogP contribution >= 0.6 is 0 Å². The number of ether oxygens (including phenoxy) is 2. The van der Waals surface area contributed by atoms with Crippen LogP contribution in [0.15, 0.2) is 35.9 Å². The molecule has 1 aliphatic heterocycles. The van der Waals surface area contributed by atoms with Crippen molar-refractivity contribution in [3.63, 3.8) is 0 Å². The smallest absolute Gasteiger partial charge is 0.333 e. The summed E-state index contributed by atoms with van der Waals surface area (Å²) in [4.78, 5) is 39.3. The van der Waals surface area contributed by atoms with Gasteiger partial charge >= 0.3 is 5.97 Å². The Hall–Kier alpha value is -2.47. The Morgan fingerprint density at radius 2 is 1.71 bits per heavy atom. The third-order valence-corrected chi connectivity index (χ3v) is 5.16. The molecule has 149 valence electrons. The molecule has 1 aromatic rings. The fourth-order valence-corrected chi connectivity index (χ4v) is 3.68. The van der Waals surface area contributed by atoms with Crippen molar-refractivity contribution >= 4 is 17.8 Å². The van der Waals surface area contributed by atoms with E-state index < -0.39 is 18.1 Å². The second-order valence-corrected chi connectivity index (χ2v) is 6.94. The minimum absolute atomic E-state index is 0.0295. The molecular weight excluding hydrogens is 358 g/mol. The van der Waals surface area contributed by atoms with E-state index in [9.17, 15) is 14.4 Å². The minimum atomic E-state index is -0.559. The third kappa shape index (κ3) is 3.87. The predicted octanol–water partition coefficient (Wildman–Crippen LogP) is 3.32. The first-order valence-electron chi connectivity index (χ1n) is 9.85. The molecular formula is C22H26NO5. The lowest BCUT2D eigenvalue weighted by atomic mass is 9.91. The Labute approximate surface area is 165 Å². The molecule has 0 unspecified atom stereocenters. The lowest BCUT2D eigenvalue weighted by Crippen LogP contribution is -2.45. The van der Waals surface area contributed by atoms with Crippen LogP contribution in [0.1, 0.15) is 60.7 Å². The van der Waals surface area contributed by atoms with Gasteiger partial charge in [0.15, 0.2) is 0 Å². The summed E-state index contributed by atoms with van der Waals surface area (Å²) in [6, 6.07) is 6.22. The number of benzene rings is 1. The van der Waals surface area contributed by atoms with Crippen LogP contribution < -0.4 is 0 Å². The molecule has 0 aromatic heterocycles. The highest BCUT2D eigenvalue weighted by Gasteiger charge is 2.43. The molecule has 0 saturated carbocycles. The highest BCUT2D eigenvalue weighted by molar-refractivity contribution is 6.21. The number of carbonyl (C=O) groups is 3. The monoisotopic (exact) mass is 384 g/mol. The molecule has 1 heterocycles. The summed E-state index contributed by atoms with van der Waals surface area (Å²) >= 11 is 0. The van der Waals surface area contributed by atoms with Crippen LogP contribution in [0.3, 0.4) is 0 Å². The molecule has 1 radical (unpaired) electrons. The summed E-state index contributed by atoms with van der Waals surface area (Å²) in [6.07, 6.45) is 5.04. The van der Waals surface area contributed by atoms with Crippen molar-refractivity contribution in [3.8, 4) is 0 Å². The summed E-state index contributed by atoms with van der Waals surface area (Å²) in [6.45, 7) is 6.08. The lowest BCUT2D eigenvalue weighted by molar-refractivity contribution is -0.139. The van der Waals surface area contributed by atoms with E-state index in [0.29, 0.717) is 16.7 Å². The standard InChI is InChI=1S/C22H26NO5/c1-4-16(5-2)28-17-12-14(22(26)27-6-3)11-15(13-17)23-20(24)18-9-7-8-10-19(18)21(23)25/h7-10,12-13,15-17H,4-6,11H2,1-3H3/t15-,17+/m0/s1. The van der Waals surface area contributed by atoms with E-state index in [0.717, 1.165) is 12.8 Å². The van der Waals surface area contributed by atoms with Crippen molar-refractivity contribution in [3.05, 3.63) is 53.5 Å². The molecule has 28 heavy (non-hydrogen) atoms. The normalized spacial score (nSPS) is 21.7. The van der Waals surface area contributed by atoms with Gasteiger partial charge in [0.1, 0.15) is 0 Å². The van der Waals surface area contributed by atoms with Crippen LogP contribution in [0.4, 0.5) is 0 Å². The zero-order valence-corrected chi connectivity index (χ0v) is 16.5. The van der Waals surface area contributed by atoms with Crippen molar-refractivity contribution in [1.82, 2.24) is 4.90 Å². The SMILES string of the molecule is CCOC(=O)C1=C[C@@H](OC(CC)CC)[CH][C@@H](N2C(=O)c3ccccc3C2=O)C1. The van der Waals surface area contributed by atoms with E-state index in [-0.39, 0.29) is 30.9 Å². The molecule has 2 atom stereocenters. The van der Waals surface area contributed by atoms with E-state index in [2.05, 4.69) is 0 Å². The largest absolute Gasteiger partial charge is 0.463 e. The fraction of sp³-hybridized carbons (Fsp3) is 0.455. The summed E-state index contributed by atoms with van der Waals surface area (Å²) in [5.41, 5.74) is 1.22. The topological polar surface area (TPSA) is 72.9 Å². The molecule has 2 amide bonds. The summed E-state index contributed by atoms with van der Waals surface area (Å²) in [7, 11) is 0. The van der Waals surface area contributed by atoms with Gasteiger partial charge in [-0.15, -0.1) is 0 Å². The second-order valence-electron chi connectivity index (χ2n) is 6.94. The third-order valence-electron chi connectivity index (χ3n) is 5.16. The number of amides is 2. The van der Waals surface area contributed by atoms with Crippen molar-refractivity contribution in [2.75, 3.05) is 6.61 Å². The van der Waals surface area contributed by atoms with E-state index in [1.54, 1.807) is 37.3 Å². The number of imide groups is 1. The van der Waals surface area contributed by atoms with E-state index in [4.69, 9.17) is 9.47 Å². The molecule has 0 spiro atoms. The van der Waals surface area contributed by atoms with Crippen LogP contribution in [0.5, 0.6) is 0 Å².